The van der Waals surface area contributed by atoms with Gasteiger partial charge in [-0.3, -0.25) is 0 Å². The second-order valence-corrected chi connectivity index (χ2v) is 2.75. The summed E-state index contributed by atoms with van der Waals surface area (Å²) in [5, 5.41) is 17.7. The quantitative estimate of drug-likeness (QED) is 0.431. The van der Waals surface area contributed by atoms with E-state index in [4.69, 9.17) is 15.9 Å². The molecule has 0 radical (unpaired) electrons. The molecule has 0 unspecified atom stereocenters. The Kier molecular flexibility index (Phi) is 2.05. The lowest BCUT2D eigenvalue weighted by Crippen LogP contribution is -2.28. The molecular weight excluding hydrogens is 118 g/mol. The summed E-state index contributed by atoms with van der Waals surface area (Å²) in [5.41, 5.74) is 5.48. The predicted molar refractivity (Wildman–Crippen MR) is 33.8 cm³/mol. The Labute approximate surface area is 54.5 Å². The average Bonchev–Trinajstić information content (AvgIpc) is 2.13. The first-order chi connectivity index (χ1) is 4.24. The SMILES string of the molecule is N[C@H]1C[C@@H](CO)C[C@H]1O. The van der Waals surface area contributed by atoms with Gasteiger partial charge in [-0.1, -0.05) is 0 Å². The third kappa shape index (κ3) is 1.41. The van der Waals surface area contributed by atoms with Gasteiger partial charge in [-0.25, -0.2) is 0 Å². The van der Waals surface area contributed by atoms with Crippen LogP contribution in [-0.4, -0.2) is 29.0 Å². The lowest BCUT2D eigenvalue weighted by Gasteiger charge is -2.04. The standard InChI is InChI=1S/C6H13NO2/c7-5-1-4(3-8)2-6(5)9/h4-6,8-9H,1-3,7H2/t4-,5+,6-/m1/s1. The van der Waals surface area contributed by atoms with Crippen LogP contribution >= 0.6 is 0 Å². The molecule has 9 heavy (non-hydrogen) atoms. The third-order valence-corrected chi connectivity index (χ3v) is 1.93. The van der Waals surface area contributed by atoms with Gasteiger partial charge < -0.3 is 15.9 Å². The molecule has 0 aliphatic heterocycles. The monoisotopic (exact) mass is 131 g/mol. The van der Waals surface area contributed by atoms with Crippen LogP contribution < -0.4 is 5.73 Å². The van der Waals surface area contributed by atoms with Crippen LogP contribution in [0.25, 0.3) is 0 Å². The maximum atomic E-state index is 9.06. The van der Waals surface area contributed by atoms with Gasteiger partial charge >= 0.3 is 0 Å². The van der Waals surface area contributed by atoms with E-state index in [0.717, 1.165) is 6.42 Å². The Morgan fingerprint density at radius 1 is 1.44 bits per heavy atom. The molecule has 0 spiro atoms. The summed E-state index contributed by atoms with van der Waals surface area (Å²) < 4.78 is 0. The van der Waals surface area contributed by atoms with Gasteiger partial charge in [0.2, 0.25) is 0 Å². The number of aliphatic hydroxyl groups excluding tert-OH is 2. The Morgan fingerprint density at radius 2 is 2.11 bits per heavy atom. The minimum absolute atomic E-state index is 0.109. The van der Waals surface area contributed by atoms with Crippen molar-refractivity contribution in [3.63, 3.8) is 0 Å². The van der Waals surface area contributed by atoms with Crippen molar-refractivity contribution in [1.29, 1.82) is 0 Å². The van der Waals surface area contributed by atoms with E-state index < -0.39 is 0 Å². The summed E-state index contributed by atoms with van der Waals surface area (Å²) in [4.78, 5) is 0. The van der Waals surface area contributed by atoms with Crippen molar-refractivity contribution in [2.45, 2.75) is 25.0 Å². The first-order valence-electron chi connectivity index (χ1n) is 3.28. The van der Waals surface area contributed by atoms with Crippen molar-refractivity contribution in [3.8, 4) is 0 Å². The highest BCUT2D eigenvalue weighted by molar-refractivity contribution is 4.85. The van der Waals surface area contributed by atoms with E-state index in [0.29, 0.717) is 6.42 Å². The normalized spacial score (nSPS) is 43.7. The zero-order valence-electron chi connectivity index (χ0n) is 5.33. The maximum absolute atomic E-state index is 9.06. The van der Waals surface area contributed by atoms with Gasteiger partial charge in [0.1, 0.15) is 0 Å². The van der Waals surface area contributed by atoms with Crippen LogP contribution in [0.15, 0.2) is 0 Å². The molecule has 0 amide bonds. The molecule has 1 rings (SSSR count). The molecule has 0 aromatic rings. The van der Waals surface area contributed by atoms with Crippen molar-refractivity contribution >= 4 is 0 Å². The highest BCUT2D eigenvalue weighted by Gasteiger charge is 2.29. The average molecular weight is 131 g/mol. The Hall–Kier alpha value is -0.120. The zero-order valence-corrected chi connectivity index (χ0v) is 5.33. The highest BCUT2D eigenvalue weighted by Crippen LogP contribution is 2.23. The fourth-order valence-corrected chi connectivity index (χ4v) is 1.30. The van der Waals surface area contributed by atoms with E-state index in [1.165, 1.54) is 0 Å². The van der Waals surface area contributed by atoms with E-state index in [9.17, 15) is 0 Å². The molecule has 0 heterocycles. The van der Waals surface area contributed by atoms with E-state index in [-0.39, 0.29) is 24.7 Å². The minimum atomic E-state index is -0.387. The molecule has 0 aromatic carbocycles. The van der Waals surface area contributed by atoms with Crippen LogP contribution in [0.2, 0.25) is 0 Å². The van der Waals surface area contributed by atoms with Crippen molar-refractivity contribution < 1.29 is 10.2 Å². The molecule has 4 N–H and O–H groups in total. The molecule has 0 bridgehead atoms. The number of hydrogen-bond acceptors (Lipinski definition) is 3. The fraction of sp³-hybridized carbons (Fsp3) is 1.00. The number of hydrogen-bond donors (Lipinski definition) is 3. The smallest absolute Gasteiger partial charge is 0.0694 e. The summed E-state index contributed by atoms with van der Waals surface area (Å²) in [6.07, 6.45) is 1.04. The summed E-state index contributed by atoms with van der Waals surface area (Å²) in [6, 6.07) is -0.109. The van der Waals surface area contributed by atoms with Crippen molar-refractivity contribution in [2.75, 3.05) is 6.61 Å². The molecular formula is C6H13NO2. The van der Waals surface area contributed by atoms with Crippen LogP contribution in [0.3, 0.4) is 0 Å². The highest BCUT2D eigenvalue weighted by atomic mass is 16.3. The minimum Gasteiger partial charge on any atom is -0.396 e. The molecule has 0 saturated heterocycles. The predicted octanol–water partition coefficient (Wildman–Crippen LogP) is -0.923. The summed E-state index contributed by atoms with van der Waals surface area (Å²) >= 11 is 0. The van der Waals surface area contributed by atoms with E-state index in [1.54, 1.807) is 0 Å². The molecule has 3 atom stereocenters. The second-order valence-electron chi connectivity index (χ2n) is 2.75. The molecule has 3 heteroatoms. The van der Waals surface area contributed by atoms with Crippen molar-refractivity contribution in [3.05, 3.63) is 0 Å². The topological polar surface area (TPSA) is 66.5 Å². The Bertz CT molecular complexity index is 87.1. The lowest BCUT2D eigenvalue weighted by atomic mass is 10.1. The van der Waals surface area contributed by atoms with Crippen LogP contribution in [-0.2, 0) is 0 Å². The number of rotatable bonds is 1. The summed E-state index contributed by atoms with van der Waals surface area (Å²) in [7, 11) is 0. The van der Waals surface area contributed by atoms with Gasteiger partial charge in [0.25, 0.3) is 0 Å². The van der Waals surface area contributed by atoms with Gasteiger partial charge in [0, 0.05) is 12.6 Å². The van der Waals surface area contributed by atoms with Crippen LogP contribution in [0.5, 0.6) is 0 Å². The molecule has 1 saturated carbocycles. The molecule has 54 valence electrons. The van der Waals surface area contributed by atoms with Crippen LogP contribution in [0.1, 0.15) is 12.8 Å². The van der Waals surface area contributed by atoms with E-state index >= 15 is 0 Å². The van der Waals surface area contributed by atoms with E-state index in [1.807, 2.05) is 0 Å². The molecule has 1 fully saturated rings. The van der Waals surface area contributed by atoms with Gasteiger partial charge in [0.05, 0.1) is 6.10 Å². The van der Waals surface area contributed by atoms with Gasteiger partial charge in [0.15, 0.2) is 0 Å². The number of nitrogens with two attached hydrogens (primary N) is 1. The van der Waals surface area contributed by atoms with E-state index in [2.05, 4.69) is 0 Å². The Morgan fingerprint density at radius 3 is 2.33 bits per heavy atom. The molecule has 0 aromatic heterocycles. The molecule has 3 nitrogen and oxygen atoms in total. The summed E-state index contributed by atoms with van der Waals surface area (Å²) in [6.45, 7) is 0.158. The first-order valence-corrected chi connectivity index (χ1v) is 3.28. The van der Waals surface area contributed by atoms with Crippen LogP contribution in [0.4, 0.5) is 0 Å². The van der Waals surface area contributed by atoms with Gasteiger partial charge in [-0.15, -0.1) is 0 Å². The summed E-state index contributed by atoms with van der Waals surface area (Å²) in [5.74, 6) is 0.231. The maximum Gasteiger partial charge on any atom is 0.0694 e. The molecule has 1 aliphatic rings. The largest absolute Gasteiger partial charge is 0.396 e. The van der Waals surface area contributed by atoms with Gasteiger partial charge in [-0.2, -0.15) is 0 Å². The first kappa shape index (κ1) is 6.99. The third-order valence-electron chi connectivity index (χ3n) is 1.93. The number of aliphatic hydroxyl groups is 2. The molecule has 1 aliphatic carbocycles. The Balaban J connectivity index is 2.35. The van der Waals surface area contributed by atoms with Crippen LogP contribution in [0, 0.1) is 5.92 Å². The lowest BCUT2D eigenvalue weighted by molar-refractivity contribution is 0.153. The van der Waals surface area contributed by atoms with Gasteiger partial charge in [-0.05, 0) is 18.8 Å². The second kappa shape index (κ2) is 2.64. The zero-order chi connectivity index (χ0) is 6.85. The van der Waals surface area contributed by atoms with Crippen molar-refractivity contribution in [2.24, 2.45) is 11.7 Å². The van der Waals surface area contributed by atoms with Crippen molar-refractivity contribution in [1.82, 2.24) is 0 Å². The fourth-order valence-electron chi connectivity index (χ4n) is 1.30.